The molecule has 164 valence electrons. The molecule has 1 amide bonds. The van der Waals surface area contributed by atoms with E-state index in [1.807, 2.05) is 37.3 Å². The van der Waals surface area contributed by atoms with E-state index >= 15 is 0 Å². The summed E-state index contributed by atoms with van der Waals surface area (Å²) in [6, 6.07) is 17.4. The van der Waals surface area contributed by atoms with E-state index in [1.54, 1.807) is 19.2 Å². The normalized spacial score (nSPS) is 10.8. The van der Waals surface area contributed by atoms with Gasteiger partial charge in [0.05, 0.1) is 30.7 Å². The van der Waals surface area contributed by atoms with Gasteiger partial charge in [-0.1, -0.05) is 59.4 Å². The summed E-state index contributed by atoms with van der Waals surface area (Å²) in [6.45, 7) is 2.01. The number of hydrogen-bond donors (Lipinski definition) is 2. The van der Waals surface area contributed by atoms with Crippen LogP contribution in [-0.4, -0.2) is 33.1 Å². The van der Waals surface area contributed by atoms with Gasteiger partial charge in [0.1, 0.15) is 5.75 Å². The number of H-pyrrole nitrogens is 1. The van der Waals surface area contributed by atoms with Crippen molar-refractivity contribution in [2.75, 3.05) is 12.4 Å². The number of hydrogen-bond acceptors (Lipinski definition) is 7. The lowest BCUT2D eigenvalue weighted by Gasteiger charge is -2.08. The lowest BCUT2D eigenvalue weighted by molar-refractivity contribution is -0.115. The summed E-state index contributed by atoms with van der Waals surface area (Å²) >= 11 is 1.48. The van der Waals surface area contributed by atoms with Crippen molar-refractivity contribution in [1.29, 1.82) is 0 Å². The van der Waals surface area contributed by atoms with Crippen LogP contribution >= 0.6 is 11.8 Å². The van der Waals surface area contributed by atoms with Crippen LogP contribution in [0.1, 0.15) is 28.7 Å². The predicted molar refractivity (Wildman–Crippen MR) is 122 cm³/mol. The highest BCUT2D eigenvalue weighted by Gasteiger charge is 2.14. The van der Waals surface area contributed by atoms with Gasteiger partial charge in [0.2, 0.25) is 11.8 Å². The summed E-state index contributed by atoms with van der Waals surface area (Å²) in [5.41, 5.74) is 3.86. The minimum Gasteiger partial charge on any atom is -0.495 e. The Balaban J connectivity index is 1.31. The van der Waals surface area contributed by atoms with Crippen LogP contribution in [0.4, 0.5) is 5.69 Å². The zero-order valence-electron chi connectivity index (χ0n) is 17.8. The molecule has 0 aliphatic heterocycles. The fraction of sp³-hybridized carbons (Fsp3) is 0.217. The Bertz CT molecular complexity index is 1190. The molecule has 9 heteroatoms. The second kappa shape index (κ2) is 10.1. The standard InChI is InChI=1S/C23H23N5O3S/c1-15-18(12-16-8-4-3-5-9-16)26-23(24-15)32-14-22-27-20(28-31-22)13-21(29)25-17-10-6-7-11-19(17)30-2/h3-11H,12-14H2,1-2H3,(H,24,26)(H,25,29). The first-order valence-electron chi connectivity index (χ1n) is 10.1. The van der Waals surface area contributed by atoms with Gasteiger partial charge in [0.15, 0.2) is 11.0 Å². The van der Waals surface area contributed by atoms with Gasteiger partial charge in [0, 0.05) is 12.1 Å². The van der Waals surface area contributed by atoms with Crippen LogP contribution in [0.25, 0.3) is 0 Å². The summed E-state index contributed by atoms with van der Waals surface area (Å²) in [4.78, 5) is 24.6. The van der Waals surface area contributed by atoms with Crippen molar-refractivity contribution in [3.05, 3.63) is 83.3 Å². The lowest BCUT2D eigenvalue weighted by Crippen LogP contribution is -2.15. The minimum absolute atomic E-state index is 0.00724. The van der Waals surface area contributed by atoms with Crippen molar-refractivity contribution in [3.8, 4) is 5.75 Å². The maximum Gasteiger partial charge on any atom is 0.237 e. The van der Waals surface area contributed by atoms with E-state index < -0.39 is 0 Å². The van der Waals surface area contributed by atoms with Crippen LogP contribution in [0.3, 0.4) is 0 Å². The van der Waals surface area contributed by atoms with Crippen molar-refractivity contribution in [2.24, 2.45) is 0 Å². The third-order valence-corrected chi connectivity index (χ3v) is 5.58. The molecule has 8 nitrogen and oxygen atoms in total. The van der Waals surface area contributed by atoms with Gasteiger partial charge in [-0.3, -0.25) is 4.79 Å². The van der Waals surface area contributed by atoms with Gasteiger partial charge in [-0.25, -0.2) is 4.98 Å². The van der Waals surface area contributed by atoms with Crippen LogP contribution in [0, 0.1) is 6.92 Å². The fourth-order valence-electron chi connectivity index (χ4n) is 3.13. The third-order valence-electron chi connectivity index (χ3n) is 4.72. The van der Waals surface area contributed by atoms with E-state index in [4.69, 9.17) is 9.26 Å². The van der Waals surface area contributed by atoms with Crippen molar-refractivity contribution in [3.63, 3.8) is 0 Å². The molecule has 0 saturated carbocycles. The molecular weight excluding hydrogens is 426 g/mol. The molecule has 32 heavy (non-hydrogen) atoms. The average molecular weight is 450 g/mol. The number of methoxy groups -OCH3 is 1. The second-order valence-corrected chi connectivity index (χ2v) is 8.06. The minimum atomic E-state index is -0.248. The Hall–Kier alpha value is -3.59. The molecule has 0 saturated heterocycles. The summed E-state index contributed by atoms with van der Waals surface area (Å²) in [7, 11) is 1.55. The van der Waals surface area contributed by atoms with Gasteiger partial charge in [-0.2, -0.15) is 4.98 Å². The number of thioether (sulfide) groups is 1. The number of nitrogens with one attached hydrogen (secondary N) is 2. The number of para-hydroxylation sites is 2. The van der Waals surface area contributed by atoms with Crippen LogP contribution in [0.15, 0.2) is 64.3 Å². The first-order valence-corrected chi connectivity index (χ1v) is 11.1. The molecule has 2 heterocycles. The summed E-state index contributed by atoms with van der Waals surface area (Å²) in [5.74, 6) is 1.56. The number of ether oxygens (including phenoxy) is 1. The number of nitrogens with zero attached hydrogens (tertiary/aromatic N) is 3. The zero-order chi connectivity index (χ0) is 22.3. The highest BCUT2D eigenvalue weighted by molar-refractivity contribution is 7.98. The highest BCUT2D eigenvalue weighted by atomic mass is 32.2. The van der Waals surface area contributed by atoms with E-state index in [2.05, 4.69) is 37.6 Å². The summed E-state index contributed by atoms with van der Waals surface area (Å²) in [6.07, 6.45) is 0.781. The number of carbonyl (C=O) groups is 1. The Labute approximate surface area is 189 Å². The smallest absolute Gasteiger partial charge is 0.237 e. The summed E-state index contributed by atoms with van der Waals surface area (Å²) < 4.78 is 10.5. The molecular formula is C23H23N5O3S. The highest BCUT2D eigenvalue weighted by Crippen LogP contribution is 2.24. The number of rotatable bonds is 9. The Morgan fingerprint density at radius 1 is 1.12 bits per heavy atom. The maximum absolute atomic E-state index is 12.3. The second-order valence-electron chi connectivity index (χ2n) is 7.09. The molecule has 0 fully saturated rings. The van der Waals surface area contributed by atoms with Crippen molar-refractivity contribution in [2.45, 2.75) is 30.7 Å². The molecule has 2 aromatic heterocycles. The van der Waals surface area contributed by atoms with E-state index in [9.17, 15) is 4.79 Å². The Kier molecular flexibility index (Phi) is 6.86. The van der Waals surface area contributed by atoms with Crippen LogP contribution in [-0.2, 0) is 23.4 Å². The molecule has 0 atom stereocenters. The van der Waals surface area contributed by atoms with Crippen LogP contribution in [0.5, 0.6) is 5.75 Å². The molecule has 0 aliphatic carbocycles. The number of imidazole rings is 1. The molecule has 0 bridgehead atoms. The first-order chi connectivity index (χ1) is 15.6. The molecule has 4 aromatic rings. The largest absolute Gasteiger partial charge is 0.495 e. The molecule has 2 aromatic carbocycles. The van der Waals surface area contributed by atoms with Crippen molar-refractivity contribution < 1.29 is 14.1 Å². The number of amides is 1. The van der Waals surface area contributed by atoms with E-state index in [0.717, 1.165) is 23.0 Å². The first kappa shape index (κ1) is 21.6. The van der Waals surface area contributed by atoms with Gasteiger partial charge in [-0.15, -0.1) is 0 Å². The van der Waals surface area contributed by atoms with Crippen molar-refractivity contribution >= 4 is 23.4 Å². The summed E-state index contributed by atoms with van der Waals surface area (Å²) in [5, 5.41) is 7.50. The number of carbonyl (C=O) groups excluding carboxylic acids is 1. The van der Waals surface area contributed by atoms with E-state index in [-0.39, 0.29) is 12.3 Å². The van der Waals surface area contributed by atoms with Crippen LogP contribution in [0.2, 0.25) is 0 Å². The number of aromatic nitrogens is 4. The topological polar surface area (TPSA) is 106 Å². The van der Waals surface area contributed by atoms with Crippen LogP contribution < -0.4 is 10.1 Å². The van der Waals surface area contributed by atoms with Crippen molar-refractivity contribution in [1.82, 2.24) is 20.1 Å². The SMILES string of the molecule is COc1ccccc1NC(=O)Cc1noc(CSc2nc(Cc3ccccc3)c(C)[nH]2)n1. The van der Waals surface area contributed by atoms with Gasteiger partial charge in [-0.05, 0) is 24.6 Å². The third kappa shape index (κ3) is 5.55. The monoisotopic (exact) mass is 449 g/mol. The average Bonchev–Trinajstić information content (AvgIpc) is 3.39. The number of aromatic amines is 1. The van der Waals surface area contributed by atoms with Gasteiger partial charge in [0.25, 0.3) is 0 Å². The lowest BCUT2D eigenvalue weighted by atomic mass is 10.1. The quantitative estimate of drug-likeness (QED) is 0.369. The number of benzene rings is 2. The Morgan fingerprint density at radius 3 is 2.72 bits per heavy atom. The molecule has 0 unspecified atom stereocenters. The maximum atomic E-state index is 12.3. The van der Waals surface area contributed by atoms with E-state index in [1.165, 1.54) is 17.3 Å². The molecule has 0 radical (unpaired) electrons. The van der Waals surface area contributed by atoms with Gasteiger partial charge < -0.3 is 19.6 Å². The fourth-order valence-corrected chi connectivity index (χ4v) is 3.91. The van der Waals surface area contributed by atoms with Gasteiger partial charge >= 0.3 is 0 Å². The zero-order valence-corrected chi connectivity index (χ0v) is 18.6. The number of anilines is 1. The van der Waals surface area contributed by atoms with E-state index in [0.29, 0.717) is 28.9 Å². The molecule has 0 spiro atoms. The molecule has 0 aliphatic rings. The Morgan fingerprint density at radius 2 is 1.91 bits per heavy atom. The molecule has 4 rings (SSSR count). The predicted octanol–water partition coefficient (Wildman–Crippen LogP) is 4.17. The molecule has 2 N–H and O–H groups in total. The number of aryl methyl sites for hydroxylation is 1.